The first-order valence-corrected chi connectivity index (χ1v) is 5.59. The molecule has 4 heteroatoms. The van der Waals surface area contributed by atoms with Crippen LogP contribution in [0.3, 0.4) is 0 Å². The number of benzene rings is 1. The minimum absolute atomic E-state index is 0.00477. The second-order valence-corrected chi connectivity index (χ2v) is 4.35. The highest BCUT2D eigenvalue weighted by Crippen LogP contribution is 2.13. The van der Waals surface area contributed by atoms with Crippen molar-refractivity contribution in [2.45, 2.75) is 13.5 Å². The summed E-state index contributed by atoms with van der Waals surface area (Å²) in [5.74, 6) is -0.00477. The first kappa shape index (κ1) is 11.7. The van der Waals surface area contributed by atoms with E-state index in [2.05, 4.69) is 0 Å². The Morgan fingerprint density at radius 2 is 2.06 bits per heavy atom. The maximum absolute atomic E-state index is 11.7. The Hall–Kier alpha value is -1.74. The van der Waals surface area contributed by atoms with Gasteiger partial charge < -0.3 is 9.67 Å². The van der Waals surface area contributed by atoms with Gasteiger partial charge in [-0.3, -0.25) is 4.79 Å². The molecule has 1 aromatic carbocycles. The summed E-state index contributed by atoms with van der Waals surface area (Å²) in [5, 5.41) is 9.94. The molecule has 0 aliphatic heterocycles. The molecule has 17 heavy (non-hydrogen) atoms. The molecule has 1 N–H and O–H groups in total. The van der Waals surface area contributed by atoms with Gasteiger partial charge in [0.1, 0.15) is 5.75 Å². The summed E-state index contributed by atoms with van der Waals surface area (Å²) >= 11 is 5.89. The standard InChI is InChI=1S/C13H12ClNO2/c1-9-5-12(16)7-13(17)15(9)8-10-3-2-4-11(14)6-10/h2-7,16H,8H2,1H3. The Morgan fingerprint density at radius 1 is 1.29 bits per heavy atom. The Morgan fingerprint density at radius 3 is 2.71 bits per heavy atom. The molecule has 0 saturated carbocycles. The lowest BCUT2D eigenvalue weighted by molar-refractivity contribution is 0.470. The van der Waals surface area contributed by atoms with Crippen molar-refractivity contribution in [3.8, 4) is 5.75 Å². The molecule has 88 valence electrons. The van der Waals surface area contributed by atoms with Crippen molar-refractivity contribution in [1.82, 2.24) is 4.57 Å². The Kier molecular flexibility index (Phi) is 3.20. The lowest BCUT2D eigenvalue weighted by Crippen LogP contribution is -2.21. The number of hydrogen-bond acceptors (Lipinski definition) is 2. The molecule has 0 bridgehead atoms. The van der Waals surface area contributed by atoms with Crippen LogP contribution in [0.4, 0.5) is 0 Å². The summed E-state index contributed by atoms with van der Waals surface area (Å²) in [6.07, 6.45) is 0. The Balaban J connectivity index is 2.40. The molecule has 1 aromatic heterocycles. The van der Waals surface area contributed by atoms with Gasteiger partial charge in [-0.05, 0) is 30.7 Å². The van der Waals surface area contributed by atoms with E-state index in [9.17, 15) is 9.90 Å². The van der Waals surface area contributed by atoms with E-state index in [0.717, 1.165) is 11.3 Å². The van der Waals surface area contributed by atoms with Gasteiger partial charge in [-0.2, -0.15) is 0 Å². The Labute approximate surface area is 104 Å². The lowest BCUT2D eigenvalue weighted by Gasteiger charge is -2.10. The minimum atomic E-state index is -0.220. The number of halogens is 1. The molecule has 1 heterocycles. The summed E-state index contributed by atoms with van der Waals surface area (Å²) in [6.45, 7) is 2.23. The normalized spacial score (nSPS) is 10.5. The molecule has 0 radical (unpaired) electrons. The van der Waals surface area contributed by atoms with E-state index < -0.39 is 0 Å². The highest BCUT2D eigenvalue weighted by atomic mass is 35.5. The number of aromatic hydroxyl groups is 1. The summed E-state index contributed by atoms with van der Waals surface area (Å²) in [6, 6.07) is 10.1. The zero-order valence-corrected chi connectivity index (χ0v) is 10.1. The van der Waals surface area contributed by atoms with E-state index in [-0.39, 0.29) is 11.3 Å². The second-order valence-electron chi connectivity index (χ2n) is 3.91. The van der Waals surface area contributed by atoms with Gasteiger partial charge in [-0.1, -0.05) is 23.7 Å². The third kappa shape index (κ3) is 2.68. The monoisotopic (exact) mass is 249 g/mol. The molecular weight excluding hydrogens is 238 g/mol. The van der Waals surface area contributed by atoms with Crippen LogP contribution in [0.1, 0.15) is 11.3 Å². The number of nitrogens with zero attached hydrogens (tertiary/aromatic N) is 1. The number of aryl methyl sites for hydroxylation is 1. The maximum atomic E-state index is 11.7. The van der Waals surface area contributed by atoms with Gasteiger partial charge in [0.15, 0.2) is 0 Å². The van der Waals surface area contributed by atoms with Crippen LogP contribution in [0.15, 0.2) is 41.2 Å². The summed E-state index contributed by atoms with van der Waals surface area (Å²) in [4.78, 5) is 11.7. The van der Waals surface area contributed by atoms with Crippen LogP contribution in [0.2, 0.25) is 5.02 Å². The van der Waals surface area contributed by atoms with Crippen LogP contribution in [-0.4, -0.2) is 9.67 Å². The smallest absolute Gasteiger partial charge is 0.254 e. The van der Waals surface area contributed by atoms with Gasteiger partial charge in [0.05, 0.1) is 6.54 Å². The average Bonchev–Trinajstić information content (AvgIpc) is 2.23. The predicted octanol–water partition coefficient (Wildman–Crippen LogP) is 2.56. The van der Waals surface area contributed by atoms with Crippen LogP contribution >= 0.6 is 11.6 Å². The van der Waals surface area contributed by atoms with Gasteiger partial charge in [-0.25, -0.2) is 0 Å². The molecule has 0 spiro atoms. The van der Waals surface area contributed by atoms with Gasteiger partial charge in [-0.15, -0.1) is 0 Å². The van der Waals surface area contributed by atoms with Crippen molar-refractivity contribution in [3.05, 3.63) is 63.0 Å². The quantitative estimate of drug-likeness (QED) is 0.889. The molecule has 3 nitrogen and oxygen atoms in total. The summed E-state index contributed by atoms with van der Waals surface area (Å²) in [7, 11) is 0. The molecular formula is C13H12ClNO2. The maximum Gasteiger partial charge on any atom is 0.254 e. The Bertz CT molecular complexity index is 605. The fourth-order valence-electron chi connectivity index (χ4n) is 1.73. The highest BCUT2D eigenvalue weighted by molar-refractivity contribution is 6.30. The van der Waals surface area contributed by atoms with E-state index in [1.165, 1.54) is 6.07 Å². The first-order chi connectivity index (χ1) is 8.06. The molecule has 0 fully saturated rings. The summed E-state index contributed by atoms with van der Waals surface area (Å²) in [5.41, 5.74) is 1.45. The van der Waals surface area contributed by atoms with Crippen LogP contribution < -0.4 is 5.56 Å². The molecule has 0 unspecified atom stereocenters. The van der Waals surface area contributed by atoms with Crippen molar-refractivity contribution in [2.75, 3.05) is 0 Å². The molecule has 0 atom stereocenters. The van der Waals surface area contributed by atoms with Crippen molar-refractivity contribution in [1.29, 1.82) is 0 Å². The zero-order chi connectivity index (χ0) is 12.4. The van der Waals surface area contributed by atoms with Crippen molar-refractivity contribution in [3.63, 3.8) is 0 Å². The van der Waals surface area contributed by atoms with Crippen LogP contribution in [0.25, 0.3) is 0 Å². The third-order valence-electron chi connectivity index (χ3n) is 2.55. The number of rotatable bonds is 2. The van der Waals surface area contributed by atoms with Gasteiger partial charge >= 0.3 is 0 Å². The number of hydrogen-bond donors (Lipinski definition) is 1. The van der Waals surface area contributed by atoms with Crippen LogP contribution in [0, 0.1) is 6.92 Å². The van der Waals surface area contributed by atoms with Crippen LogP contribution in [0.5, 0.6) is 5.75 Å². The molecule has 0 saturated heterocycles. The van der Waals surface area contributed by atoms with Gasteiger partial charge in [0.25, 0.3) is 5.56 Å². The van der Waals surface area contributed by atoms with Crippen molar-refractivity contribution in [2.24, 2.45) is 0 Å². The second kappa shape index (κ2) is 4.63. The molecule has 0 aliphatic rings. The topological polar surface area (TPSA) is 42.2 Å². The van der Waals surface area contributed by atoms with E-state index in [1.807, 2.05) is 18.2 Å². The third-order valence-corrected chi connectivity index (χ3v) is 2.78. The van der Waals surface area contributed by atoms with Crippen molar-refractivity contribution < 1.29 is 5.11 Å². The number of pyridine rings is 1. The summed E-state index contributed by atoms with van der Waals surface area (Å²) < 4.78 is 1.59. The zero-order valence-electron chi connectivity index (χ0n) is 9.35. The molecule has 2 rings (SSSR count). The van der Waals surface area contributed by atoms with E-state index in [1.54, 1.807) is 23.6 Å². The average molecular weight is 250 g/mol. The van der Waals surface area contributed by atoms with Gasteiger partial charge in [0.2, 0.25) is 0 Å². The molecule has 0 amide bonds. The van der Waals surface area contributed by atoms with E-state index in [0.29, 0.717) is 11.6 Å². The fraction of sp³-hybridized carbons (Fsp3) is 0.154. The number of aromatic nitrogens is 1. The minimum Gasteiger partial charge on any atom is -0.508 e. The largest absolute Gasteiger partial charge is 0.508 e. The van der Waals surface area contributed by atoms with Crippen molar-refractivity contribution >= 4 is 11.6 Å². The highest BCUT2D eigenvalue weighted by Gasteiger charge is 2.04. The molecule has 0 aliphatic carbocycles. The van der Waals surface area contributed by atoms with Gasteiger partial charge in [0, 0.05) is 16.8 Å². The first-order valence-electron chi connectivity index (χ1n) is 5.21. The fourth-order valence-corrected chi connectivity index (χ4v) is 1.95. The van der Waals surface area contributed by atoms with E-state index >= 15 is 0 Å². The van der Waals surface area contributed by atoms with Crippen LogP contribution in [-0.2, 0) is 6.54 Å². The SMILES string of the molecule is Cc1cc(O)cc(=O)n1Cc1cccc(Cl)c1. The lowest BCUT2D eigenvalue weighted by atomic mass is 10.2. The molecule has 2 aromatic rings. The van der Waals surface area contributed by atoms with E-state index in [4.69, 9.17) is 11.6 Å². The predicted molar refractivity (Wildman–Crippen MR) is 67.7 cm³/mol.